The number of benzene rings is 3. The summed E-state index contributed by atoms with van der Waals surface area (Å²) in [5, 5.41) is 2.92. The summed E-state index contributed by atoms with van der Waals surface area (Å²) < 4.78 is 37.8. The summed E-state index contributed by atoms with van der Waals surface area (Å²) in [5.41, 5.74) is 2.85. The molecule has 0 aliphatic rings. The third kappa shape index (κ3) is 6.95. The fourth-order valence-electron chi connectivity index (χ4n) is 3.84. The SMILES string of the molecule is COc1ccc(C=Cc2cc(OC)c(OC)c(OC)c2)c(NC(=O)/C=C/c2cc(OC)c(OC)c(OC)c2)c1. The number of ether oxygens (including phenoxy) is 7. The van der Waals surface area contributed by atoms with E-state index in [2.05, 4.69) is 5.32 Å². The van der Waals surface area contributed by atoms with Crippen molar-refractivity contribution in [3.8, 4) is 40.2 Å². The summed E-state index contributed by atoms with van der Waals surface area (Å²) in [4.78, 5) is 12.9. The lowest BCUT2D eigenvalue weighted by atomic mass is 10.1. The fraction of sp³-hybridized carbons (Fsp3) is 0.233. The van der Waals surface area contributed by atoms with Gasteiger partial charge in [-0.05, 0) is 59.2 Å². The molecule has 0 radical (unpaired) electrons. The van der Waals surface area contributed by atoms with Gasteiger partial charge in [0.15, 0.2) is 23.0 Å². The third-order valence-corrected chi connectivity index (χ3v) is 5.77. The molecule has 9 nitrogen and oxygen atoms in total. The molecule has 206 valence electrons. The van der Waals surface area contributed by atoms with E-state index in [-0.39, 0.29) is 5.91 Å². The van der Waals surface area contributed by atoms with Gasteiger partial charge < -0.3 is 38.5 Å². The molecular formula is C30H33NO8. The third-order valence-electron chi connectivity index (χ3n) is 5.77. The van der Waals surface area contributed by atoms with Crippen LogP contribution in [0.1, 0.15) is 16.7 Å². The molecule has 0 fully saturated rings. The van der Waals surface area contributed by atoms with Crippen molar-refractivity contribution in [2.75, 3.05) is 55.1 Å². The summed E-state index contributed by atoms with van der Waals surface area (Å²) in [7, 11) is 10.8. The van der Waals surface area contributed by atoms with Crippen LogP contribution in [0.25, 0.3) is 18.2 Å². The Labute approximate surface area is 228 Å². The topological polar surface area (TPSA) is 93.7 Å². The van der Waals surface area contributed by atoms with E-state index in [1.165, 1.54) is 27.4 Å². The van der Waals surface area contributed by atoms with E-state index in [9.17, 15) is 4.79 Å². The van der Waals surface area contributed by atoms with Gasteiger partial charge in [-0.2, -0.15) is 0 Å². The average Bonchev–Trinajstić information content (AvgIpc) is 2.97. The maximum atomic E-state index is 12.9. The van der Waals surface area contributed by atoms with Crippen LogP contribution in [0, 0.1) is 0 Å². The zero-order valence-corrected chi connectivity index (χ0v) is 23.1. The Morgan fingerprint density at radius 3 is 1.51 bits per heavy atom. The molecule has 3 rings (SSSR count). The van der Waals surface area contributed by atoms with Crippen molar-refractivity contribution < 1.29 is 38.0 Å². The van der Waals surface area contributed by atoms with Crippen molar-refractivity contribution in [2.45, 2.75) is 0 Å². The zero-order valence-electron chi connectivity index (χ0n) is 23.1. The Balaban J connectivity index is 1.88. The van der Waals surface area contributed by atoms with E-state index < -0.39 is 0 Å². The molecule has 3 aromatic rings. The van der Waals surface area contributed by atoms with Crippen LogP contribution in [-0.4, -0.2) is 55.7 Å². The quantitative estimate of drug-likeness (QED) is 0.238. The monoisotopic (exact) mass is 535 g/mol. The Morgan fingerprint density at radius 1 is 0.590 bits per heavy atom. The van der Waals surface area contributed by atoms with Gasteiger partial charge in [-0.15, -0.1) is 0 Å². The highest BCUT2D eigenvalue weighted by Crippen LogP contribution is 2.39. The van der Waals surface area contributed by atoms with Gasteiger partial charge in [-0.3, -0.25) is 4.79 Å². The van der Waals surface area contributed by atoms with Crippen molar-refractivity contribution in [3.05, 3.63) is 65.2 Å². The second-order valence-electron chi connectivity index (χ2n) is 8.03. The first-order chi connectivity index (χ1) is 18.9. The van der Waals surface area contributed by atoms with E-state index >= 15 is 0 Å². The largest absolute Gasteiger partial charge is 0.497 e. The van der Waals surface area contributed by atoms with Crippen LogP contribution in [0.15, 0.2) is 48.5 Å². The first-order valence-corrected chi connectivity index (χ1v) is 11.9. The molecule has 0 spiro atoms. The summed E-state index contributed by atoms with van der Waals surface area (Å²) in [5.74, 6) is 3.31. The molecule has 0 heterocycles. The van der Waals surface area contributed by atoms with Crippen LogP contribution in [0.2, 0.25) is 0 Å². The molecule has 0 aliphatic heterocycles. The van der Waals surface area contributed by atoms with Gasteiger partial charge in [0, 0.05) is 12.1 Å². The van der Waals surface area contributed by atoms with Gasteiger partial charge in [0.25, 0.3) is 0 Å². The molecule has 0 aliphatic carbocycles. The smallest absolute Gasteiger partial charge is 0.248 e. The lowest BCUT2D eigenvalue weighted by Crippen LogP contribution is -2.09. The Bertz CT molecular complexity index is 1310. The Morgan fingerprint density at radius 2 is 1.08 bits per heavy atom. The van der Waals surface area contributed by atoms with Gasteiger partial charge in [0.2, 0.25) is 17.4 Å². The van der Waals surface area contributed by atoms with Crippen LogP contribution >= 0.6 is 0 Å². The maximum Gasteiger partial charge on any atom is 0.248 e. The standard InChI is InChI=1S/C30H33NO8/c1-33-22-12-11-21(10-8-19-14-24(34-2)29(38-6)25(15-19)35-3)23(18-22)31-28(32)13-9-20-16-26(36-4)30(39-7)27(17-20)37-5/h8-18H,1-7H3,(H,31,32)/b10-8?,13-9+. The second kappa shape index (κ2) is 13.7. The van der Waals surface area contributed by atoms with E-state index in [0.29, 0.717) is 51.5 Å². The van der Waals surface area contributed by atoms with Crippen LogP contribution < -0.4 is 38.5 Å². The minimum absolute atomic E-state index is 0.334. The molecule has 9 heteroatoms. The van der Waals surface area contributed by atoms with E-state index in [1.54, 1.807) is 52.7 Å². The average molecular weight is 536 g/mol. The summed E-state index contributed by atoms with van der Waals surface area (Å²) in [6, 6.07) is 12.6. The summed E-state index contributed by atoms with van der Waals surface area (Å²) in [6.45, 7) is 0. The number of methoxy groups -OCH3 is 7. The van der Waals surface area contributed by atoms with Crippen LogP contribution in [0.3, 0.4) is 0 Å². The highest BCUT2D eigenvalue weighted by Gasteiger charge is 2.14. The maximum absolute atomic E-state index is 12.9. The molecule has 39 heavy (non-hydrogen) atoms. The Hall–Kier alpha value is -4.79. The first-order valence-electron chi connectivity index (χ1n) is 11.9. The molecule has 3 aromatic carbocycles. The van der Waals surface area contributed by atoms with Crippen molar-refractivity contribution in [1.82, 2.24) is 0 Å². The molecule has 0 unspecified atom stereocenters. The predicted octanol–water partition coefficient (Wildman–Crippen LogP) is 5.57. The number of hydrogen-bond acceptors (Lipinski definition) is 8. The van der Waals surface area contributed by atoms with Gasteiger partial charge in [0.05, 0.1) is 55.5 Å². The molecule has 0 bridgehead atoms. The minimum Gasteiger partial charge on any atom is -0.497 e. The molecule has 0 saturated heterocycles. The fourth-order valence-corrected chi connectivity index (χ4v) is 3.84. The number of anilines is 1. The number of hydrogen-bond donors (Lipinski definition) is 1. The van der Waals surface area contributed by atoms with E-state index in [4.69, 9.17) is 33.2 Å². The van der Waals surface area contributed by atoms with Crippen LogP contribution in [0.4, 0.5) is 5.69 Å². The van der Waals surface area contributed by atoms with Crippen LogP contribution in [0.5, 0.6) is 40.2 Å². The van der Waals surface area contributed by atoms with Crippen molar-refractivity contribution in [1.29, 1.82) is 0 Å². The zero-order chi connectivity index (χ0) is 28.4. The van der Waals surface area contributed by atoms with Gasteiger partial charge in [-0.1, -0.05) is 12.2 Å². The molecule has 1 amide bonds. The van der Waals surface area contributed by atoms with Gasteiger partial charge in [-0.25, -0.2) is 0 Å². The summed E-state index contributed by atoms with van der Waals surface area (Å²) >= 11 is 0. The first kappa shape index (κ1) is 28.8. The normalized spacial score (nSPS) is 10.8. The van der Waals surface area contributed by atoms with E-state index in [0.717, 1.165) is 11.1 Å². The Kier molecular flexibility index (Phi) is 10.1. The van der Waals surface area contributed by atoms with Crippen molar-refractivity contribution in [3.63, 3.8) is 0 Å². The second-order valence-corrected chi connectivity index (χ2v) is 8.03. The molecule has 1 N–H and O–H groups in total. The lowest BCUT2D eigenvalue weighted by Gasteiger charge is -2.13. The van der Waals surface area contributed by atoms with E-state index in [1.807, 2.05) is 36.4 Å². The van der Waals surface area contributed by atoms with Crippen molar-refractivity contribution >= 4 is 29.8 Å². The number of carbonyl (C=O) groups excluding carboxylic acids is 1. The van der Waals surface area contributed by atoms with Crippen LogP contribution in [-0.2, 0) is 4.79 Å². The number of nitrogens with one attached hydrogen (secondary N) is 1. The minimum atomic E-state index is -0.334. The van der Waals surface area contributed by atoms with Gasteiger partial charge in [0.1, 0.15) is 5.75 Å². The number of amides is 1. The molecule has 0 atom stereocenters. The molecule has 0 saturated carbocycles. The number of rotatable bonds is 12. The molecule has 0 aromatic heterocycles. The lowest BCUT2D eigenvalue weighted by molar-refractivity contribution is -0.111. The highest BCUT2D eigenvalue weighted by atomic mass is 16.5. The highest BCUT2D eigenvalue weighted by molar-refractivity contribution is 6.03. The summed E-state index contributed by atoms with van der Waals surface area (Å²) in [6.07, 6.45) is 6.84. The van der Waals surface area contributed by atoms with Crippen molar-refractivity contribution in [2.24, 2.45) is 0 Å². The molecular weight excluding hydrogens is 502 g/mol. The number of carbonyl (C=O) groups is 1. The predicted molar refractivity (Wildman–Crippen MR) is 152 cm³/mol. The van der Waals surface area contributed by atoms with Gasteiger partial charge >= 0.3 is 0 Å².